The van der Waals surface area contributed by atoms with Crippen molar-refractivity contribution >= 4 is 28.2 Å². The summed E-state index contributed by atoms with van der Waals surface area (Å²) >= 11 is 6.22. The maximum Gasteiger partial charge on any atom is 0.176 e. The molecule has 1 aromatic heterocycles. The Balaban J connectivity index is 1.58. The first-order chi connectivity index (χ1) is 15.5. The van der Waals surface area contributed by atoms with Gasteiger partial charge in [-0.3, -0.25) is 4.98 Å². The molecule has 2 aromatic carbocycles. The third-order valence-electron chi connectivity index (χ3n) is 6.63. The molecule has 1 aliphatic rings. The lowest BCUT2D eigenvalue weighted by molar-refractivity contribution is 0.167. The number of nitrogens with zero attached hydrogens (tertiary/aromatic N) is 2. The van der Waals surface area contributed by atoms with E-state index in [9.17, 15) is 5.11 Å². The molecular formula is C26H31ClN3O2. The third-order valence-corrected chi connectivity index (χ3v) is 6.92. The number of nitrogens with one attached hydrogen (secondary N) is 1. The lowest BCUT2D eigenvalue weighted by Crippen LogP contribution is -2.40. The number of aromatic nitrogens is 1. The Hall–Kier alpha value is -2.50. The van der Waals surface area contributed by atoms with Crippen LogP contribution in [0.1, 0.15) is 39.5 Å². The number of fused-ring (bicyclic) bond motifs is 1. The average Bonchev–Trinajstić information content (AvgIpc) is 2.82. The second-order valence-corrected chi connectivity index (χ2v) is 8.80. The molecule has 4 rings (SSSR count). The number of ether oxygens (including phenoxy) is 1. The molecule has 1 heterocycles. The fourth-order valence-electron chi connectivity index (χ4n) is 4.82. The highest BCUT2D eigenvalue weighted by atomic mass is 35.5. The summed E-state index contributed by atoms with van der Waals surface area (Å²) in [6, 6.07) is 14.1. The number of phenols is 1. The van der Waals surface area contributed by atoms with Crippen molar-refractivity contribution in [3.05, 3.63) is 47.6 Å². The number of pyridine rings is 1. The van der Waals surface area contributed by atoms with Gasteiger partial charge in [0.25, 0.3) is 0 Å². The normalized spacial score (nSPS) is 18.8. The molecule has 0 aliphatic heterocycles. The molecule has 32 heavy (non-hydrogen) atoms. The Labute approximate surface area is 195 Å². The largest absolute Gasteiger partial charge is 0.503 e. The van der Waals surface area contributed by atoms with Crippen molar-refractivity contribution < 1.29 is 9.84 Å². The van der Waals surface area contributed by atoms with Crippen LogP contribution in [0.4, 0.5) is 5.69 Å². The second kappa shape index (κ2) is 9.97. The number of rotatable bonds is 7. The summed E-state index contributed by atoms with van der Waals surface area (Å²) in [6.45, 7) is 6.74. The molecule has 0 spiro atoms. The summed E-state index contributed by atoms with van der Waals surface area (Å²) in [7, 11) is 1.52. The molecule has 5 nitrogen and oxygen atoms in total. The summed E-state index contributed by atoms with van der Waals surface area (Å²) in [5, 5.41) is 15.1. The number of halogens is 1. The Morgan fingerprint density at radius 1 is 1.12 bits per heavy atom. The number of hydrogen-bond donors (Lipinski definition) is 2. The van der Waals surface area contributed by atoms with Gasteiger partial charge in [0.1, 0.15) is 0 Å². The Morgan fingerprint density at radius 3 is 2.56 bits per heavy atom. The summed E-state index contributed by atoms with van der Waals surface area (Å²) < 4.78 is 5.27. The second-order valence-electron chi connectivity index (χ2n) is 8.39. The van der Waals surface area contributed by atoms with Gasteiger partial charge in [-0.2, -0.15) is 0 Å². The van der Waals surface area contributed by atoms with Gasteiger partial charge in [-0.15, -0.1) is 0 Å². The maximum absolute atomic E-state index is 10.1. The predicted molar refractivity (Wildman–Crippen MR) is 132 cm³/mol. The summed E-state index contributed by atoms with van der Waals surface area (Å²) in [4.78, 5) is 7.08. The van der Waals surface area contributed by atoms with E-state index < -0.39 is 0 Å². The van der Waals surface area contributed by atoms with E-state index in [-0.39, 0.29) is 10.8 Å². The first-order valence-electron chi connectivity index (χ1n) is 11.4. The number of anilines is 1. The van der Waals surface area contributed by atoms with Crippen LogP contribution in [0, 0.1) is 6.07 Å². The molecule has 1 saturated carbocycles. The van der Waals surface area contributed by atoms with Crippen molar-refractivity contribution in [3.8, 4) is 22.6 Å². The summed E-state index contributed by atoms with van der Waals surface area (Å²) in [5.41, 5.74) is 3.76. The zero-order valence-corrected chi connectivity index (χ0v) is 19.7. The molecule has 0 bridgehead atoms. The zero-order valence-electron chi connectivity index (χ0n) is 19.0. The van der Waals surface area contributed by atoms with Crippen molar-refractivity contribution in [2.45, 2.75) is 51.6 Å². The van der Waals surface area contributed by atoms with Crippen molar-refractivity contribution in [1.82, 2.24) is 9.88 Å². The Morgan fingerprint density at radius 2 is 1.88 bits per heavy atom. The van der Waals surface area contributed by atoms with E-state index in [2.05, 4.69) is 41.2 Å². The standard InChI is InChI=1S/C26H31ClN3O2/c1-4-30(5-2)20-9-7-19(8-10-20)29-24-12-13-28-23-11-6-17(14-21(23)24)18-15-22(27)26(31)25(16-18)32-3/h6,11,13-16,19-20,31H,4-5,7-10H2,1-3H3,(H,28,29). The number of phenolic OH excluding ortho intramolecular Hbond substituents is 1. The smallest absolute Gasteiger partial charge is 0.176 e. The van der Waals surface area contributed by atoms with Crippen LogP contribution in [-0.4, -0.2) is 47.3 Å². The zero-order chi connectivity index (χ0) is 22.7. The number of hydrogen-bond acceptors (Lipinski definition) is 5. The van der Waals surface area contributed by atoms with E-state index in [1.807, 2.05) is 12.1 Å². The quantitative estimate of drug-likeness (QED) is 0.451. The van der Waals surface area contributed by atoms with Gasteiger partial charge < -0.3 is 20.1 Å². The minimum atomic E-state index is -0.0450. The van der Waals surface area contributed by atoms with Crippen molar-refractivity contribution in [2.75, 3.05) is 25.5 Å². The van der Waals surface area contributed by atoms with Gasteiger partial charge in [0.2, 0.25) is 0 Å². The first kappa shape index (κ1) is 22.7. The molecular weight excluding hydrogens is 422 g/mol. The van der Waals surface area contributed by atoms with E-state index in [1.165, 1.54) is 20.0 Å². The van der Waals surface area contributed by atoms with Crippen LogP contribution in [0.25, 0.3) is 22.0 Å². The van der Waals surface area contributed by atoms with E-state index >= 15 is 0 Å². The van der Waals surface area contributed by atoms with Gasteiger partial charge >= 0.3 is 0 Å². The topological polar surface area (TPSA) is 57.6 Å². The van der Waals surface area contributed by atoms with Gasteiger partial charge in [-0.05, 0) is 74.2 Å². The number of benzene rings is 2. The van der Waals surface area contributed by atoms with Crippen LogP contribution in [-0.2, 0) is 0 Å². The lowest BCUT2D eigenvalue weighted by atomic mass is 9.89. The highest BCUT2D eigenvalue weighted by Crippen LogP contribution is 2.39. The van der Waals surface area contributed by atoms with Crippen LogP contribution in [0.2, 0.25) is 5.02 Å². The number of aromatic hydroxyl groups is 1. The van der Waals surface area contributed by atoms with Gasteiger partial charge in [0.05, 0.1) is 23.3 Å². The van der Waals surface area contributed by atoms with E-state index in [0.29, 0.717) is 17.8 Å². The van der Waals surface area contributed by atoms with Gasteiger partial charge in [0.15, 0.2) is 11.5 Å². The van der Waals surface area contributed by atoms with Crippen molar-refractivity contribution in [2.24, 2.45) is 0 Å². The summed E-state index contributed by atoms with van der Waals surface area (Å²) in [5.74, 6) is 0.310. The first-order valence-corrected chi connectivity index (χ1v) is 11.8. The molecule has 1 aliphatic carbocycles. The van der Waals surface area contributed by atoms with E-state index in [1.54, 1.807) is 18.3 Å². The number of methoxy groups -OCH3 is 1. The fourth-order valence-corrected chi connectivity index (χ4v) is 5.03. The molecule has 169 valence electrons. The molecule has 2 N–H and O–H groups in total. The monoisotopic (exact) mass is 452 g/mol. The molecule has 1 fully saturated rings. The minimum Gasteiger partial charge on any atom is -0.503 e. The maximum atomic E-state index is 10.1. The van der Waals surface area contributed by atoms with E-state index in [4.69, 9.17) is 16.3 Å². The van der Waals surface area contributed by atoms with E-state index in [0.717, 1.165) is 53.6 Å². The van der Waals surface area contributed by atoms with Crippen LogP contribution >= 0.6 is 11.6 Å². The van der Waals surface area contributed by atoms with Crippen LogP contribution < -0.4 is 10.1 Å². The molecule has 1 radical (unpaired) electrons. The minimum absolute atomic E-state index is 0.0450. The SMILES string of the molecule is CCN(CC)C1CCC(Nc2[c]cnc3ccc(-c4cc(Cl)c(O)c(OC)c4)cc23)CC1. The Bertz CT molecular complexity index is 1080. The van der Waals surface area contributed by atoms with Gasteiger partial charge in [-0.1, -0.05) is 31.5 Å². The molecule has 0 amide bonds. The average molecular weight is 453 g/mol. The summed E-state index contributed by atoms with van der Waals surface area (Å²) in [6.07, 6.45) is 6.50. The molecule has 3 aromatic rings. The van der Waals surface area contributed by atoms with Crippen LogP contribution in [0.3, 0.4) is 0 Å². The Kier molecular flexibility index (Phi) is 7.07. The molecule has 0 unspecified atom stereocenters. The molecule has 6 heteroatoms. The van der Waals surface area contributed by atoms with Crippen molar-refractivity contribution in [3.63, 3.8) is 0 Å². The highest BCUT2D eigenvalue weighted by molar-refractivity contribution is 6.32. The van der Waals surface area contributed by atoms with Crippen molar-refractivity contribution in [1.29, 1.82) is 0 Å². The molecule has 0 atom stereocenters. The lowest BCUT2D eigenvalue weighted by Gasteiger charge is -2.36. The highest BCUT2D eigenvalue weighted by Gasteiger charge is 2.24. The predicted octanol–water partition coefficient (Wildman–Crippen LogP) is 6.13. The van der Waals surface area contributed by atoms with Gasteiger partial charge in [-0.25, -0.2) is 0 Å². The van der Waals surface area contributed by atoms with Crippen LogP contribution in [0.15, 0.2) is 36.5 Å². The third kappa shape index (κ3) is 4.64. The van der Waals surface area contributed by atoms with Crippen LogP contribution in [0.5, 0.6) is 11.5 Å². The fraction of sp³-hybridized carbons (Fsp3) is 0.423. The van der Waals surface area contributed by atoms with Gasteiger partial charge in [0, 0.05) is 29.7 Å². The molecule has 0 saturated heterocycles.